The van der Waals surface area contributed by atoms with Gasteiger partial charge in [-0.1, -0.05) is 18.2 Å². The molecule has 1 aliphatic heterocycles. The predicted octanol–water partition coefficient (Wildman–Crippen LogP) is 2.45. The van der Waals surface area contributed by atoms with Crippen LogP contribution in [0.3, 0.4) is 0 Å². The third-order valence-electron chi connectivity index (χ3n) is 5.47. The van der Waals surface area contributed by atoms with Crippen molar-refractivity contribution in [2.45, 2.75) is 57.0 Å². The molecule has 1 aromatic carbocycles. The second kappa shape index (κ2) is 13.1. The van der Waals surface area contributed by atoms with Gasteiger partial charge in [0, 0.05) is 24.7 Å². The van der Waals surface area contributed by atoms with Crippen molar-refractivity contribution in [1.82, 2.24) is 9.55 Å². The monoisotopic (exact) mass is 538 g/mol. The molecule has 0 spiro atoms. The molecule has 1 aliphatic rings. The number of hydrogen-bond acceptors (Lipinski definition) is 9. The minimum absolute atomic E-state index is 0.0699. The number of nitrogens with one attached hydrogen (secondary N) is 2. The quantitative estimate of drug-likeness (QED) is 0.289. The van der Waals surface area contributed by atoms with Gasteiger partial charge in [-0.3, -0.25) is 19.5 Å². The van der Waals surface area contributed by atoms with E-state index >= 15 is 0 Å². The predicted molar refractivity (Wildman–Crippen MR) is 129 cm³/mol. The second-order valence-corrected chi connectivity index (χ2v) is 8.30. The highest BCUT2D eigenvalue weighted by molar-refractivity contribution is 5.90. The summed E-state index contributed by atoms with van der Waals surface area (Å²) in [5.74, 6) is -5.07. The van der Waals surface area contributed by atoms with Gasteiger partial charge in [-0.15, -0.1) is 0 Å². The summed E-state index contributed by atoms with van der Waals surface area (Å²) < 4.78 is 44.6. The van der Waals surface area contributed by atoms with Crippen LogP contribution in [-0.4, -0.2) is 64.0 Å². The number of amides is 2. The Balaban J connectivity index is 1.46. The average molecular weight is 539 g/mol. The number of rotatable bonds is 11. The molecule has 3 rings (SSSR count). The average Bonchev–Trinajstić information content (AvgIpc) is 3.09. The van der Waals surface area contributed by atoms with Gasteiger partial charge in [0.15, 0.2) is 6.10 Å². The van der Waals surface area contributed by atoms with Crippen molar-refractivity contribution in [2.24, 2.45) is 0 Å². The summed E-state index contributed by atoms with van der Waals surface area (Å²) in [6.07, 6.45) is -5.34. The Hall–Kier alpha value is -3.91. The molecule has 0 saturated carbocycles. The largest absolute Gasteiger partial charge is 0.463 e. The molecule has 14 heteroatoms. The van der Waals surface area contributed by atoms with Crippen molar-refractivity contribution in [3.05, 3.63) is 53.1 Å². The summed E-state index contributed by atoms with van der Waals surface area (Å²) in [5, 5.41) is 14.9. The highest BCUT2D eigenvalue weighted by Crippen LogP contribution is 2.42. The Morgan fingerprint density at radius 1 is 1.11 bits per heavy atom. The van der Waals surface area contributed by atoms with Crippen LogP contribution in [0.1, 0.15) is 38.8 Å². The van der Waals surface area contributed by atoms with Gasteiger partial charge in [0.2, 0.25) is 12.1 Å². The number of halogens is 2. The van der Waals surface area contributed by atoms with Crippen LogP contribution in [0, 0.1) is 0 Å². The number of carbonyl (C=O) groups excluding carboxylic acids is 3. The van der Waals surface area contributed by atoms with E-state index in [4.69, 9.17) is 9.47 Å². The number of anilines is 2. The molecular weight excluding hydrogens is 510 g/mol. The van der Waals surface area contributed by atoms with Crippen LogP contribution in [0.25, 0.3) is 0 Å². The molecule has 0 bridgehead atoms. The summed E-state index contributed by atoms with van der Waals surface area (Å²) in [5.41, 5.74) is -0.519. The maximum Gasteiger partial charge on any atom is 0.412 e. The Morgan fingerprint density at radius 2 is 1.82 bits per heavy atom. The molecule has 2 aromatic rings. The van der Waals surface area contributed by atoms with Gasteiger partial charge < -0.3 is 24.6 Å². The lowest BCUT2D eigenvalue weighted by Gasteiger charge is -2.21. The first-order chi connectivity index (χ1) is 18.1. The molecule has 2 amide bonds. The molecule has 0 unspecified atom stereocenters. The fourth-order valence-electron chi connectivity index (χ4n) is 3.59. The van der Waals surface area contributed by atoms with Crippen molar-refractivity contribution >= 4 is 29.5 Å². The number of aliphatic hydroxyl groups excluding tert-OH is 1. The Morgan fingerprint density at radius 3 is 2.50 bits per heavy atom. The zero-order valence-corrected chi connectivity index (χ0v) is 20.5. The van der Waals surface area contributed by atoms with Crippen LogP contribution in [-0.2, 0) is 23.8 Å². The minimum Gasteiger partial charge on any atom is -0.463 e. The van der Waals surface area contributed by atoms with Gasteiger partial charge in [0.25, 0.3) is 0 Å². The van der Waals surface area contributed by atoms with E-state index in [2.05, 4.69) is 20.4 Å². The molecule has 1 aromatic heterocycles. The molecule has 1 fully saturated rings. The molecule has 12 nitrogen and oxygen atoms in total. The number of hydrogen-bond donors (Lipinski definition) is 3. The standard InChI is InChI=1S/C24H28F2N4O8/c1-2-36-23(35)29-17-12-13-30(22(34)28-17)21-24(25,26)20(33)16(38-21)14-37-19(32)11-7-6-10-18(31)27-15-8-4-3-5-9-15/h3-5,8-9,12-13,16,20-21,33H,2,6-7,10-11,14H2,1H3,(H,27,31)(H,28,29,34,35)/t16-,20-,21-/m1/s1. The molecule has 2 heterocycles. The maximum absolute atomic E-state index is 14.7. The summed E-state index contributed by atoms with van der Waals surface area (Å²) in [4.78, 5) is 51.2. The van der Waals surface area contributed by atoms with Crippen LogP contribution in [0.5, 0.6) is 0 Å². The Labute approximate surface area is 215 Å². The number of alkyl halides is 2. The van der Waals surface area contributed by atoms with E-state index in [1.807, 2.05) is 6.07 Å². The molecule has 38 heavy (non-hydrogen) atoms. The van der Waals surface area contributed by atoms with Crippen molar-refractivity contribution in [1.29, 1.82) is 0 Å². The van der Waals surface area contributed by atoms with Crippen LogP contribution in [0.4, 0.5) is 25.1 Å². The molecular formula is C24H28F2N4O8. The van der Waals surface area contributed by atoms with Crippen LogP contribution >= 0.6 is 0 Å². The number of aromatic nitrogens is 2. The first-order valence-electron chi connectivity index (χ1n) is 11.9. The zero-order chi connectivity index (χ0) is 27.7. The van der Waals surface area contributed by atoms with Crippen molar-refractivity contribution < 1.29 is 42.5 Å². The molecule has 3 N–H and O–H groups in total. The number of benzene rings is 1. The summed E-state index contributed by atoms with van der Waals surface area (Å²) >= 11 is 0. The number of para-hydroxylation sites is 1. The Kier molecular flexibility index (Phi) is 9.85. The third kappa shape index (κ3) is 7.55. The fourth-order valence-corrected chi connectivity index (χ4v) is 3.59. The number of carbonyl (C=O) groups is 3. The van der Waals surface area contributed by atoms with E-state index in [0.717, 1.165) is 12.3 Å². The summed E-state index contributed by atoms with van der Waals surface area (Å²) in [6.45, 7) is 0.962. The first kappa shape index (κ1) is 28.7. The second-order valence-electron chi connectivity index (χ2n) is 8.30. The van der Waals surface area contributed by atoms with Gasteiger partial charge in [-0.25, -0.2) is 9.59 Å². The number of esters is 1. The van der Waals surface area contributed by atoms with Crippen molar-refractivity contribution in [3.8, 4) is 0 Å². The van der Waals surface area contributed by atoms with Crippen molar-refractivity contribution in [3.63, 3.8) is 0 Å². The highest BCUT2D eigenvalue weighted by atomic mass is 19.3. The lowest BCUT2D eigenvalue weighted by Crippen LogP contribution is -2.42. The van der Waals surface area contributed by atoms with Gasteiger partial charge in [-0.05, 0) is 38.0 Å². The van der Waals surface area contributed by atoms with Crippen LogP contribution in [0.2, 0.25) is 0 Å². The summed E-state index contributed by atoms with van der Waals surface area (Å²) in [7, 11) is 0. The van der Waals surface area contributed by atoms with Crippen LogP contribution < -0.4 is 16.3 Å². The molecule has 0 radical (unpaired) electrons. The van der Waals surface area contributed by atoms with E-state index in [-0.39, 0.29) is 31.2 Å². The molecule has 3 atom stereocenters. The fraction of sp³-hybridized carbons (Fsp3) is 0.458. The SMILES string of the molecule is CCOC(=O)Nc1ccn([C@@H]2O[C@H](COC(=O)CCCCC(=O)Nc3ccccc3)[C@@H](O)C2(F)F)c(=O)n1. The minimum atomic E-state index is -3.91. The molecule has 0 aliphatic carbocycles. The van der Waals surface area contributed by atoms with Gasteiger partial charge in [0.05, 0.1) is 6.61 Å². The molecule has 206 valence electrons. The number of nitrogens with zero attached hydrogens (tertiary/aromatic N) is 2. The third-order valence-corrected chi connectivity index (χ3v) is 5.47. The van der Waals surface area contributed by atoms with E-state index in [9.17, 15) is 33.1 Å². The normalized spacial score (nSPS) is 19.9. The summed E-state index contributed by atoms with van der Waals surface area (Å²) in [6, 6.07) is 9.96. The van der Waals surface area contributed by atoms with Gasteiger partial charge in [-0.2, -0.15) is 13.8 Å². The number of aliphatic hydroxyl groups is 1. The zero-order valence-electron chi connectivity index (χ0n) is 20.5. The van der Waals surface area contributed by atoms with Gasteiger partial charge in [0.1, 0.15) is 18.5 Å². The van der Waals surface area contributed by atoms with E-state index in [1.165, 1.54) is 0 Å². The topological polar surface area (TPSA) is 158 Å². The lowest BCUT2D eigenvalue weighted by atomic mass is 10.1. The smallest absolute Gasteiger partial charge is 0.412 e. The first-order valence-corrected chi connectivity index (χ1v) is 11.9. The van der Waals surface area contributed by atoms with Crippen molar-refractivity contribution in [2.75, 3.05) is 23.8 Å². The Bertz CT molecular complexity index is 1180. The van der Waals surface area contributed by atoms with Gasteiger partial charge >= 0.3 is 23.7 Å². The highest BCUT2D eigenvalue weighted by Gasteiger charge is 2.60. The lowest BCUT2D eigenvalue weighted by molar-refractivity contribution is -0.150. The van der Waals surface area contributed by atoms with Crippen LogP contribution in [0.15, 0.2) is 47.4 Å². The van der Waals surface area contributed by atoms with E-state index in [0.29, 0.717) is 23.1 Å². The number of unbranched alkanes of at least 4 members (excludes halogenated alkanes) is 1. The molecule has 1 saturated heterocycles. The van der Waals surface area contributed by atoms with E-state index in [1.54, 1.807) is 31.2 Å². The maximum atomic E-state index is 14.7. The number of ether oxygens (including phenoxy) is 3. The van der Waals surface area contributed by atoms with E-state index < -0.39 is 48.7 Å².